The van der Waals surface area contributed by atoms with Crippen LogP contribution in [0.15, 0.2) is 35.1 Å². The lowest BCUT2D eigenvalue weighted by Gasteiger charge is -2.12. The molecule has 2 aromatic heterocycles. The van der Waals surface area contributed by atoms with Crippen LogP contribution in [-0.2, 0) is 6.61 Å². The fourth-order valence-corrected chi connectivity index (χ4v) is 2.51. The molecular formula is C17H15BrN4O3. The zero-order valence-electron chi connectivity index (χ0n) is 13.5. The minimum atomic E-state index is -0.736. The van der Waals surface area contributed by atoms with E-state index in [2.05, 4.69) is 37.3 Å². The summed E-state index contributed by atoms with van der Waals surface area (Å²) in [6.45, 7) is 0.198. The van der Waals surface area contributed by atoms with Gasteiger partial charge in [0, 0.05) is 23.9 Å². The summed E-state index contributed by atoms with van der Waals surface area (Å²) in [7, 11) is 1.51. The van der Waals surface area contributed by atoms with Crippen LogP contribution in [0.5, 0.6) is 11.6 Å². The van der Waals surface area contributed by atoms with E-state index in [1.54, 1.807) is 12.1 Å². The summed E-state index contributed by atoms with van der Waals surface area (Å²) in [5.41, 5.74) is 0.144. The number of ether oxygens (including phenoxy) is 2. The van der Waals surface area contributed by atoms with Crippen molar-refractivity contribution in [2.24, 2.45) is 0 Å². The Morgan fingerprint density at radius 1 is 1.48 bits per heavy atom. The highest BCUT2D eigenvalue weighted by Gasteiger charge is 2.45. The molecule has 128 valence electrons. The van der Waals surface area contributed by atoms with E-state index in [9.17, 15) is 4.79 Å². The van der Waals surface area contributed by atoms with E-state index in [0.717, 1.165) is 0 Å². The lowest BCUT2D eigenvalue weighted by atomic mass is 10.2. The normalized spacial score (nSPS) is 14.3. The van der Waals surface area contributed by atoms with Gasteiger partial charge in [0.05, 0.1) is 13.2 Å². The Kier molecular flexibility index (Phi) is 4.86. The third-order valence-electron chi connectivity index (χ3n) is 3.78. The van der Waals surface area contributed by atoms with Crippen LogP contribution >= 0.6 is 15.9 Å². The minimum absolute atomic E-state index is 0.197. The lowest BCUT2D eigenvalue weighted by molar-refractivity contribution is 0.0936. The molecule has 0 atom stereocenters. The number of rotatable bonds is 6. The molecule has 2 aromatic rings. The maximum atomic E-state index is 12.2. The van der Waals surface area contributed by atoms with Gasteiger partial charge in [-0.2, -0.15) is 5.26 Å². The van der Waals surface area contributed by atoms with Gasteiger partial charge in [0.15, 0.2) is 0 Å². The van der Waals surface area contributed by atoms with Gasteiger partial charge in [0.1, 0.15) is 28.2 Å². The van der Waals surface area contributed by atoms with E-state index < -0.39 is 11.4 Å². The second-order valence-electron chi connectivity index (χ2n) is 5.62. The topological polar surface area (TPSA) is 97.1 Å². The molecule has 0 aromatic carbocycles. The maximum Gasteiger partial charge on any atom is 0.271 e. The van der Waals surface area contributed by atoms with E-state index in [-0.39, 0.29) is 12.3 Å². The number of nitrogens with zero attached hydrogens (tertiary/aromatic N) is 3. The molecular weight excluding hydrogens is 388 g/mol. The maximum absolute atomic E-state index is 12.2. The Balaban J connectivity index is 1.71. The van der Waals surface area contributed by atoms with E-state index in [0.29, 0.717) is 34.6 Å². The summed E-state index contributed by atoms with van der Waals surface area (Å²) >= 11 is 3.28. The van der Waals surface area contributed by atoms with Gasteiger partial charge in [-0.15, -0.1) is 0 Å². The molecule has 2 heterocycles. The number of carbonyl (C=O) groups excluding carboxylic acids is 1. The van der Waals surface area contributed by atoms with Crippen molar-refractivity contribution < 1.29 is 14.3 Å². The highest BCUT2D eigenvalue weighted by atomic mass is 79.9. The van der Waals surface area contributed by atoms with Crippen molar-refractivity contribution in [3.8, 4) is 17.7 Å². The highest BCUT2D eigenvalue weighted by Crippen LogP contribution is 2.34. The number of hydrogen-bond donors (Lipinski definition) is 1. The van der Waals surface area contributed by atoms with Crippen LogP contribution in [0.3, 0.4) is 0 Å². The first-order valence-electron chi connectivity index (χ1n) is 7.57. The number of aromatic nitrogens is 2. The van der Waals surface area contributed by atoms with Gasteiger partial charge in [-0.3, -0.25) is 9.78 Å². The summed E-state index contributed by atoms with van der Waals surface area (Å²) in [4.78, 5) is 20.6. The van der Waals surface area contributed by atoms with Gasteiger partial charge < -0.3 is 14.8 Å². The SMILES string of the molecule is COc1cc(C(=O)NC2(C#N)CC2)ncc1COc1cccc(Br)n1. The lowest BCUT2D eigenvalue weighted by Crippen LogP contribution is -2.36. The predicted octanol–water partition coefficient (Wildman–Crippen LogP) is 2.61. The van der Waals surface area contributed by atoms with E-state index in [4.69, 9.17) is 14.7 Å². The molecule has 1 fully saturated rings. The second kappa shape index (κ2) is 7.07. The van der Waals surface area contributed by atoms with Crippen molar-refractivity contribution in [3.63, 3.8) is 0 Å². The summed E-state index contributed by atoms with van der Waals surface area (Å²) < 4.78 is 11.6. The van der Waals surface area contributed by atoms with Crippen LogP contribution in [0.2, 0.25) is 0 Å². The summed E-state index contributed by atoms with van der Waals surface area (Å²) in [5.74, 6) is 0.554. The largest absolute Gasteiger partial charge is 0.496 e. The van der Waals surface area contributed by atoms with Crippen molar-refractivity contribution in [2.45, 2.75) is 25.0 Å². The van der Waals surface area contributed by atoms with Crippen molar-refractivity contribution >= 4 is 21.8 Å². The average Bonchev–Trinajstić information content (AvgIpc) is 3.40. The van der Waals surface area contributed by atoms with Gasteiger partial charge in [-0.25, -0.2) is 4.98 Å². The third kappa shape index (κ3) is 4.06. The number of nitrogens with one attached hydrogen (secondary N) is 1. The minimum Gasteiger partial charge on any atom is -0.496 e. The molecule has 25 heavy (non-hydrogen) atoms. The number of halogens is 1. The van der Waals surface area contributed by atoms with Crippen LogP contribution in [0, 0.1) is 11.3 Å². The zero-order chi connectivity index (χ0) is 17.9. The molecule has 0 radical (unpaired) electrons. The number of amides is 1. The molecule has 1 aliphatic carbocycles. The van der Waals surface area contributed by atoms with Crippen molar-refractivity contribution in [1.29, 1.82) is 5.26 Å². The van der Waals surface area contributed by atoms with Crippen molar-refractivity contribution in [1.82, 2.24) is 15.3 Å². The Hall–Kier alpha value is -2.66. The van der Waals surface area contributed by atoms with Crippen LogP contribution in [0.1, 0.15) is 28.9 Å². The number of pyridine rings is 2. The fourth-order valence-electron chi connectivity index (χ4n) is 2.18. The third-order valence-corrected chi connectivity index (χ3v) is 4.22. The summed E-state index contributed by atoms with van der Waals surface area (Å²) in [6, 6.07) is 9.01. The Bertz CT molecular complexity index is 846. The first-order chi connectivity index (χ1) is 12.0. The molecule has 0 aliphatic heterocycles. The van der Waals surface area contributed by atoms with E-state index in [1.807, 2.05) is 6.07 Å². The zero-order valence-corrected chi connectivity index (χ0v) is 15.0. The molecule has 0 bridgehead atoms. The summed E-state index contributed by atoms with van der Waals surface area (Å²) in [5, 5.41) is 11.8. The molecule has 1 N–H and O–H groups in total. The first kappa shape index (κ1) is 17.2. The van der Waals surface area contributed by atoms with Gasteiger partial charge in [0.25, 0.3) is 5.91 Å². The number of hydrogen-bond acceptors (Lipinski definition) is 6. The monoisotopic (exact) mass is 402 g/mol. The second-order valence-corrected chi connectivity index (χ2v) is 6.43. The quantitative estimate of drug-likeness (QED) is 0.745. The number of carbonyl (C=O) groups is 1. The molecule has 8 heteroatoms. The molecule has 0 unspecified atom stereocenters. The van der Waals surface area contributed by atoms with Gasteiger partial charge in [0.2, 0.25) is 5.88 Å². The molecule has 3 rings (SSSR count). The number of methoxy groups -OCH3 is 1. The molecule has 0 spiro atoms. The smallest absolute Gasteiger partial charge is 0.271 e. The van der Waals surface area contributed by atoms with Crippen molar-refractivity contribution in [2.75, 3.05) is 7.11 Å². The first-order valence-corrected chi connectivity index (χ1v) is 8.36. The van der Waals surface area contributed by atoms with Gasteiger partial charge >= 0.3 is 0 Å². The van der Waals surface area contributed by atoms with Crippen LogP contribution in [0.25, 0.3) is 0 Å². The van der Waals surface area contributed by atoms with Gasteiger partial charge in [-0.05, 0) is 34.8 Å². The molecule has 1 aliphatic rings. The fraction of sp³-hybridized carbons (Fsp3) is 0.294. The highest BCUT2D eigenvalue weighted by molar-refractivity contribution is 9.10. The van der Waals surface area contributed by atoms with E-state index >= 15 is 0 Å². The van der Waals surface area contributed by atoms with Gasteiger partial charge in [-0.1, -0.05) is 6.07 Å². The molecule has 1 saturated carbocycles. The molecule has 7 nitrogen and oxygen atoms in total. The van der Waals surface area contributed by atoms with Crippen LogP contribution < -0.4 is 14.8 Å². The Labute approximate surface area is 153 Å². The Morgan fingerprint density at radius 2 is 2.28 bits per heavy atom. The standard InChI is InChI=1S/C17H15BrN4O3/c1-24-13-7-12(16(23)22-17(10-19)5-6-17)20-8-11(13)9-25-15-4-2-3-14(18)21-15/h2-4,7-8H,5-6,9H2,1H3,(H,22,23). The Morgan fingerprint density at radius 3 is 2.92 bits per heavy atom. The predicted molar refractivity (Wildman–Crippen MR) is 92.1 cm³/mol. The summed E-state index contributed by atoms with van der Waals surface area (Å²) in [6.07, 6.45) is 2.85. The molecule has 1 amide bonds. The average molecular weight is 403 g/mol. The van der Waals surface area contributed by atoms with E-state index in [1.165, 1.54) is 19.4 Å². The van der Waals surface area contributed by atoms with Crippen LogP contribution in [0.4, 0.5) is 0 Å². The molecule has 0 saturated heterocycles. The number of nitriles is 1. The van der Waals surface area contributed by atoms with Crippen LogP contribution in [-0.4, -0.2) is 28.5 Å². The van der Waals surface area contributed by atoms with Crippen molar-refractivity contribution in [3.05, 3.63) is 46.3 Å².